The number of rotatable bonds is 5. The number of hydrogen-bond acceptors (Lipinski definition) is 4. The molecule has 1 aliphatic carbocycles. The van der Waals surface area contributed by atoms with Crippen LogP contribution in [-0.4, -0.2) is 28.4 Å². The molecule has 0 spiro atoms. The van der Waals surface area contributed by atoms with E-state index < -0.39 is 5.97 Å². The zero-order valence-corrected chi connectivity index (χ0v) is 9.96. The lowest BCUT2D eigenvalue weighted by Crippen LogP contribution is -2.13. The summed E-state index contributed by atoms with van der Waals surface area (Å²) in [6.07, 6.45) is 6.48. The second-order valence-electron chi connectivity index (χ2n) is 4.38. The highest BCUT2D eigenvalue weighted by atomic mass is 16.5. The molecule has 1 aromatic heterocycles. The highest BCUT2D eigenvalue weighted by Crippen LogP contribution is 2.24. The van der Waals surface area contributed by atoms with Gasteiger partial charge in [0, 0.05) is 18.7 Å². The predicted octanol–water partition coefficient (Wildman–Crippen LogP) is 1.84. The number of carbonyl (C=O) groups is 2. The molecule has 18 heavy (non-hydrogen) atoms. The summed E-state index contributed by atoms with van der Waals surface area (Å²) in [5, 5.41) is 8.97. The lowest BCUT2D eigenvalue weighted by molar-refractivity contribution is -0.107. The van der Waals surface area contributed by atoms with Crippen LogP contribution in [-0.2, 0) is 11.2 Å². The molecule has 96 valence electrons. The Morgan fingerprint density at radius 2 is 2.22 bits per heavy atom. The van der Waals surface area contributed by atoms with E-state index in [9.17, 15) is 9.59 Å². The van der Waals surface area contributed by atoms with E-state index in [4.69, 9.17) is 9.84 Å². The molecule has 0 aromatic carbocycles. The minimum Gasteiger partial charge on any atom is -0.478 e. The quantitative estimate of drug-likeness (QED) is 0.806. The summed E-state index contributed by atoms with van der Waals surface area (Å²) in [5.74, 6) is -0.671. The van der Waals surface area contributed by atoms with E-state index in [1.807, 2.05) is 0 Å². The van der Waals surface area contributed by atoms with Gasteiger partial charge in [-0.05, 0) is 31.2 Å². The number of nitrogens with zero attached hydrogens (tertiary/aromatic N) is 1. The van der Waals surface area contributed by atoms with Crippen molar-refractivity contribution in [1.29, 1.82) is 0 Å². The number of carboxylic acids is 1. The van der Waals surface area contributed by atoms with Crippen LogP contribution in [0.5, 0.6) is 5.88 Å². The van der Waals surface area contributed by atoms with Gasteiger partial charge in [-0.15, -0.1) is 0 Å². The Kier molecular flexibility index (Phi) is 3.92. The molecule has 2 rings (SSSR count). The van der Waals surface area contributed by atoms with Crippen molar-refractivity contribution in [3.05, 3.63) is 23.4 Å². The third kappa shape index (κ3) is 2.85. The van der Waals surface area contributed by atoms with Crippen LogP contribution in [0, 0.1) is 0 Å². The molecule has 1 heterocycles. The van der Waals surface area contributed by atoms with Crippen LogP contribution in [0.4, 0.5) is 0 Å². The van der Waals surface area contributed by atoms with Gasteiger partial charge in [0.1, 0.15) is 12.4 Å². The molecular formula is C13H15NO4. The van der Waals surface area contributed by atoms with Gasteiger partial charge in [0.15, 0.2) is 0 Å². The van der Waals surface area contributed by atoms with Crippen molar-refractivity contribution in [2.75, 3.05) is 0 Å². The lowest BCUT2D eigenvalue weighted by atomic mass is 10.1. The van der Waals surface area contributed by atoms with Crippen molar-refractivity contribution in [3.8, 4) is 5.88 Å². The standard InChI is InChI=1S/C13H15NO4/c15-6-5-9-7-12(14-8-11(9)13(16)17)18-10-3-1-2-4-10/h6-8,10H,1-5H2,(H,16,17). The topological polar surface area (TPSA) is 76.5 Å². The molecule has 5 heteroatoms. The molecule has 5 nitrogen and oxygen atoms in total. The van der Waals surface area contributed by atoms with Gasteiger partial charge in [0.25, 0.3) is 0 Å². The smallest absolute Gasteiger partial charge is 0.337 e. The van der Waals surface area contributed by atoms with E-state index in [0.717, 1.165) is 25.7 Å². The Bertz CT molecular complexity index is 452. The summed E-state index contributed by atoms with van der Waals surface area (Å²) in [6, 6.07) is 1.55. The molecule has 0 atom stereocenters. The first-order valence-corrected chi connectivity index (χ1v) is 6.03. The second-order valence-corrected chi connectivity index (χ2v) is 4.38. The van der Waals surface area contributed by atoms with Gasteiger partial charge < -0.3 is 14.6 Å². The SMILES string of the molecule is O=CCc1cc(OC2CCCC2)ncc1C(=O)O. The van der Waals surface area contributed by atoms with Crippen LogP contribution in [0.15, 0.2) is 12.3 Å². The van der Waals surface area contributed by atoms with E-state index in [2.05, 4.69) is 4.98 Å². The molecule has 0 radical (unpaired) electrons. The number of ether oxygens (including phenoxy) is 1. The fourth-order valence-corrected chi connectivity index (χ4v) is 2.17. The maximum absolute atomic E-state index is 11.0. The normalized spacial score (nSPS) is 15.6. The molecule has 0 aliphatic heterocycles. The first-order valence-electron chi connectivity index (χ1n) is 6.03. The first-order chi connectivity index (χ1) is 8.70. The number of hydrogen-bond donors (Lipinski definition) is 1. The van der Waals surface area contributed by atoms with Gasteiger partial charge in [0.2, 0.25) is 5.88 Å². The third-order valence-corrected chi connectivity index (χ3v) is 3.09. The third-order valence-electron chi connectivity index (χ3n) is 3.09. The van der Waals surface area contributed by atoms with Crippen molar-refractivity contribution in [1.82, 2.24) is 4.98 Å². The molecule has 1 aliphatic rings. The van der Waals surface area contributed by atoms with Crippen molar-refractivity contribution < 1.29 is 19.4 Å². The zero-order chi connectivity index (χ0) is 13.0. The largest absolute Gasteiger partial charge is 0.478 e. The average molecular weight is 249 g/mol. The first kappa shape index (κ1) is 12.5. The number of aldehydes is 1. The van der Waals surface area contributed by atoms with Gasteiger partial charge >= 0.3 is 5.97 Å². The molecule has 0 saturated heterocycles. The number of carboxylic acid groups (broad SMARTS) is 1. The fraction of sp³-hybridized carbons (Fsp3) is 0.462. The van der Waals surface area contributed by atoms with Crippen LogP contribution in [0.25, 0.3) is 0 Å². The molecule has 1 aromatic rings. The number of aromatic carboxylic acids is 1. The van der Waals surface area contributed by atoms with E-state index in [1.54, 1.807) is 6.07 Å². The van der Waals surface area contributed by atoms with Crippen molar-refractivity contribution in [2.24, 2.45) is 0 Å². The Hall–Kier alpha value is -1.91. The molecule has 0 bridgehead atoms. The maximum Gasteiger partial charge on any atom is 0.337 e. The van der Waals surface area contributed by atoms with Gasteiger partial charge in [-0.25, -0.2) is 9.78 Å². The molecule has 1 saturated carbocycles. The molecule has 1 N–H and O–H groups in total. The Morgan fingerprint density at radius 3 is 2.83 bits per heavy atom. The van der Waals surface area contributed by atoms with E-state index >= 15 is 0 Å². The average Bonchev–Trinajstić information content (AvgIpc) is 2.82. The summed E-state index contributed by atoms with van der Waals surface area (Å²) >= 11 is 0. The van der Waals surface area contributed by atoms with Crippen molar-refractivity contribution in [3.63, 3.8) is 0 Å². The van der Waals surface area contributed by atoms with Crippen LogP contribution < -0.4 is 4.74 Å². The monoisotopic (exact) mass is 249 g/mol. The van der Waals surface area contributed by atoms with Crippen molar-refractivity contribution >= 4 is 12.3 Å². The minimum atomic E-state index is -1.08. The zero-order valence-electron chi connectivity index (χ0n) is 9.96. The summed E-state index contributed by atoms with van der Waals surface area (Å²) < 4.78 is 5.68. The Labute approximate surface area is 105 Å². The summed E-state index contributed by atoms with van der Waals surface area (Å²) in [7, 11) is 0. The van der Waals surface area contributed by atoms with E-state index in [-0.39, 0.29) is 18.1 Å². The fourth-order valence-electron chi connectivity index (χ4n) is 2.17. The Morgan fingerprint density at radius 1 is 1.50 bits per heavy atom. The summed E-state index contributed by atoms with van der Waals surface area (Å²) in [5.41, 5.74) is 0.501. The van der Waals surface area contributed by atoms with Crippen LogP contribution >= 0.6 is 0 Å². The molecule has 1 fully saturated rings. The minimum absolute atomic E-state index is 0.0564. The molecule has 0 unspecified atom stereocenters. The Balaban J connectivity index is 2.18. The molecular weight excluding hydrogens is 234 g/mol. The van der Waals surface area contributed by atoms with Gasteiger partial charge in [0.05, 0.1) is 5.56 Å². The van der Waals surface area contributed by atoms with E-state index in [0.29, 0.717) is 17.7 Å². The van der Waals surface area contributed by atoms with Gasteiger partial charge in [-0.2, -0.15) is 0 Å². The second kappa shape index (κ2) is 5.62. The number of pyridine rings is 1. The van der Waals surface area contributed by atoms with Crippen molar-refractivity contribution in [2.45, 2.75) is 38.2 Å². The maximum atomic E-state index is 11.0. The summed E-state index contributed by atoms with van der Waals surface area (Å²) in [4.78, 5) is 25.5. The number of carbonyl (C=O) groups excluding carboxylic acids is 1. The van der Waals surface area contributed by atoms with Crippen LogP contribution in [0.2, 0.25) is 0 Å². The summed E-state index contributed by atoms with van der Waals surface area (Å²) in [6.45, 7) is 0. The highest BCUT2D eigenvalue weighted by Gasteiger charge is 2.18. The number of aromatic nitrogens is 1. The lowest BCUT2D eigenvalue weighted by Gasteiger charge is -2.13. The van der Waals surface area contributed by atoms with E-state index in [1.165, 1.54) is 6.20 Å². The van der Waals surface area contributed by atoms with Gasteiger partial charge in [-0.3, -0.25) is 0 Å². The highest BCUT2D eigenvalue weighted by molar-refractivity contribution is 5.89. The van der Waals surface area contributed by atoms with Crippen LogP contribution in [0.3, 0.4) is 0 Å². The molecule has 0 amide bonds. The predicted molar refractivity (Wildman–Crippen MR) is 63.8 cm³/mol. The van der Waals surface area contributed by atoms with Gasteiger partial charge in [-0.1, -0.05) is 0 Å². The van der Waals surface area contributed by atoms with Crippen LogP contribution in [0.1, 0.15) is 41.6 Å².